The van der Waals surface area contributed by atoms with Crippen molar-refractivity contribution >= 4 is 11.8 Å². The van der Waals surface area contributed by atoms with Crippen LogP contribution in [0, 0.1) is 13.8 Å². The summed E-state index contributed by atoms with van der Waals surface area (Å²) in [5.41, 5.74) is 1.96. The van der Waals surface area contributed by atoms with E-state index in [4.69, 9.17) is 0 Å². The molecule has 2 heterocycles. The number of rotatable bonds is 4. The molecule has 1 aromatic heterocycles. The van der Waals surface area contributed by atoms with Crippen LogP contribution in [0.15, 0.2) is 4.79 Å². The number of piperazine rings is 1. The van der Waals surface area contributed by atoms with E-state index < -0.39 is 0 Å². The van der Waals surface area contributed by atoms with Crippen LogP contribution < -0.4 is 5.69 Å². The van der Waals surface area contributed by atoms with Crippen LogP contribution in [0.4, 0.5) is 0 Å². The number of aromatic nitrogens is 2. The number of hydrogen-bond donors (Lipinski definition) is 1. The lowest BCUT2D eigenvalue weighted by Gasteiger charge is -2.37. The number of nitrogens with zero attached hydrogens (tertiary/aromatic N) is 3. The molecular weight excluding hydrogens is 320 g/mol. The van der Waals surface area contributed by atoms with Gasteiger partial charge in [-0.15, -0.1) is 0 Å². The fourth-order valence-electron chi connectivity index (χ4n) is 4.01. The van der Waals surface area contributed by atoms with Gasteiger partial charge in [-0.25, -0.2) is 4.79 Å². The highest BCUT2D eigenvalue weighted by atomic mass is 16.2. The van der Waals surface area contributed by atoms with Gasteiger partial charge in [-0.3, -0.25) is 9.59 Å². The molecule has 0 aromatic carbocycles. The molecule has 2 fully saturated rings. The second kappa shape index (κ2) is 7.37. The van der Waals surface area contributed by atoms with Gasteiger partial charge in [-0.05, 0) is 38.7 Å². The second-order valence-corrected chi connectivity index (χ2v) is 7.07. The largest absolute Gasteiger partial charge is 0.345 e. The molecular formula is C18H26N4O3. The van der Waals surface area contributed by atoms with E-state index >= 15 is 0 Å². The minimum absolute atomic E-state index is 0.00979. The van der Waals surface area contributed by atoms with Gasteiger partial charge in [-0.1, -0.05) is 12.8 Å². The van der Waals surface area contributed by atoms with Crippen molar-refractivity contribution in [2.45, 2.75) is 58.4 Å². The molecule has 0 spiro atoms. The lowest BCUT2D eigenvalue weighted by Crippen LogP contribution is -2.54. The van der Waals surface area contributed by atoms with Crippen molar-refractivity contribution in [3.05, 3.63) is 27.4 Å². The summed E-state index contributed by atoms with van der Waals surface area (Å²) >= 11 is 0. The zero-order chi connectivity index (χ0) is 18.0. The van der Waals surface area contributed by atoms with Gasteiger partial charge in [0.1, 0.15) is 0 Å². The summed E-state index contributed by atoms with van der Waals surface area (Å²) in [6.07, 6.45) is 5.43. The lowest BCUT2D eigenvalue weighted by molar-refractivity contribution is -0.147. The smallest absolute Gasteiger partial charge is 0.336 e. The quantitative estimate of drug-likeness (QED) is 0.879. The molecule has 136 valence electrons. The monoisotopic (exact) mass is 346 g/mol. The molecule has 1 saturated carbocycles. The van der Waals surface area contributed by atoms with Gasteiger partial charge in [0.25, 0.3) is 0 Å². The van der Waals surface area contributed by atoms with Crippen LogP contribution in [-0.4, -0.2) is 57.3 Å². The van der Waals surface area contributed by atoms with Crippen molar-refractivity contribution in [1.29, 1.82) is 0 Å². The first-order valence-corrected chi connectivity index (χ1v) is 9.09. The summed E-state index contributed by atoms with van der Waals surface area (Å²) in [4.78, 5) is 46.4. The van der Waals surface area contributed by atoms with Gasteiger partial charge in [-0.2, -0.15) is 4.98 Å². The molecule has 0 radical (unpaired) electrons. The lowest BCUT2D eigenvalue weighted by atomic mass is 10.1. The Morgan fingerprint density at radius 2 is 1.92 bits per heavy atom. The number of H-pyrrole nitrogens is 1. The fourth-order valence-corrected chi connectivity index (χ4v) is 4.01. The molecule has 25 heavy (non-hydrogen) atoms. The Kier molecular flexibility index (Phi) is 5.20. The minimum Gasteiger partial charge on any atom is -0.336 e. The van der Waals surface area contributed by atoms with E-state index in [-0.39, 0.29) is 24.0 Å². The molecule has 2 amide bonds. The van der Waals surface area contributed by atoms with Crippen molar-refractivity contribution in [2.75, 3.05) is 19.6 Å². The maximum atomic E-state index is 12.5. The third-order valence-corrected chi connectivity index (χ3v) is 5.42. The molecule has 1 aromatic rings. The third-order valence-electron chi connectivity index (χ3n) is 5.42. The summed E-state index contributed by atoms with van der Waals surface area (Å²) in [7, 11) is 0. The van der Waals surface area contributed by atoms with Gasteiger partial charge in [0.15, 0.2) is 0 Å². The summed E-state index contributed by atoms with van der Waals surface area (Å²) in [5.74, 6) is 0.0639. The summed E-state index contributed by atoms with van der Waals surface area (Å²) in [6, 6.07) is 0.377. The molecule has 7 heteroatoms. The first-order chi connectivity index (χ1) is 12.0. The molecule has 7 nitrogen and oxygen atoms in total. The van der Waals surface area contributed by atoms with Gasteiger partial charge in [0.2, 0.25) is 11.8 Å². The number of hydrogen-bond acceptors (Lipinski definition) is 4. The molecule has 3 rings (SSSR count). The normalized spacial score (nSPS) is 18.9. The van der Waals surface area contributed by atoms with E-state index in [9.17, 15) is 14.4 Å². The Morgan fingerprint density at radius 3 is 2.56 bits per heavy atom. The number of nitrogens with one attached hydrogen (secondary N) is 1. The van der Waals surface area contributed by atoms with Crippen molar-refractivity contribution in [3.8, 4) is 0 Å². The molecule has 1 aliphatic carbocycles. The third kappa shape index (κ3) is 3.91. The van der Waals surface area contributed by atoms with Crippen molar-refractivity contribution < 1.29 is 9.59 Å². The summed E-state index contributed by atoms with van der Waals surface area (Å²) in [6.45, 7) is 5.05. The van der Waals surface area contributed by atoms with E-state index in [1.54, 1.807) is 11.8 Å². The number of carbonyl (C=O) groups is 2. The number of aryl methyl sites for hydroxylation is 2. The molecule has 0 bridgehead atoms. The number of carbonyl (C=O) groups excluding carboxylic acids is 2. The Morgan fingerprint density at radius 1 is 1.20 bits per heavy atom. The predicted molar refractivity (Wildman–Crippen MR) is 93.2 cm³/mol. The van der Waals surface area contributed by atoms with Gasteiger partial charge < -0.3 is 14.8 Å². The Hall–Kier alpha value is -2.18. The standard InChI is InChI=1S/C18H26N4O3/c1-12-15(13(2)20-18(25)19-12)7-8-16(23)21-9-10-22(17(24)11-21)14-5-3-4-6-14/h14H,3-11H2,1-2H3,(H,19,20,25). The van der Waals surface area contributed by atoms with Crippen LogP contribution in [0.2, 0.25) is 0 Å². The van der Waals surface area contributed by atoms with Gasteiger partial charge >= 0.3 is 5.69 Å². The fraction of sp³-hybridized carbons (Fsp3) is 0.667. The van der Waals surface area contributed by atoms with E-state index in [1.165, 1.54) is 12.8 Å². The zero-order valence-electron chi connectivity index (χ0n) is 15.0. The average molecular weight is 346 g/mol. The van der Waals surface area contributed by atoms with Crippen molar-refractivity contribution in [2.24, 2.45) is 0 Å². The SMILES string of the molecule is Cc1nc(=O)[nH]c(C)c1CCC(=O)N1CCN(C2CCCC2)C(=O)C1. The highest BCUT2D eigenvalue weighted by Crippen LogP contribution is 2.25. The van der Waals surface area contributed by atoms with Crippen LogP contribution >= 0.6 is 0 Å². The van der Waals surface area contributed by atoms with Crippen LogP contribution in [0.5, 0.6) is 0 Å². The molecule has 0 atom stereocenters. The maximum Gasteiger partial charge on any atom is 0.345 e. The molecule has 0 unspecified atom stereocenters. The van der Waals surface area contributed by atoms with E-state index in [0.717, 1.165) is 24.1 Å². The second-order valence-electron chi connectivity index (χ2n) is 7.07. The highest BCUT2D eigenvalue weighted by molar-refractivity contribution is 5.86. The molecule has 1 aliphatic heterocycles. The van der Waals surface area contributed by atoms with Crippen LogP contribution in [0.3, 0.4) is 0 Å². The minimum atomic E-state index is -0.362. The Balaban J connectivity index is 1.56. The van der Waals surface area contributed by atoms with Crippen molar-refractivity contribution in [1.82, 2.24) is 19.8 Å². The van der Waals surface area contributed by atoms with Crippen LogP contribution in [0.1, 0.15) is 49.1 Å². The van der Waals surface area contributed by atoms with E-state index in [0.29, 0.717) is 37.7 Å². The Labute approximate surface area is 147 Å². The summed E-state index contributed by atoms with van der Waals surface area (Å²) in [5, 5.41) is 0. The zero-order valence-corrected chi connectivity index (χ0v) is 15.0. The van der Waals surface area contributed by atoms with E-state index in [2.05, 4.69) is 9.97 Å². The average Bonchev–Trinajstić information content (AvgIpc) is 3.07. The van der Waals surface area contributed by atoms with Gasteiger partial charge in [0.05, 0.1) is 6.54 Å². The first-order valence-electron chi connectivity index (χ1n) is 9.09. The van der Waals surface area contributed by atoms with E-state index in [1.807, 2.05) is 11.8 Å². The molecule has 2 aliphatic rings. The highest BCUT2D eigenvalue weighted by Gasteiger charge is 2.32. The van der Waals surface area contributed by atoms with Crippen molar-refractivity contribution in [3.63, 3.8) is 0 Å². The number of aromatic amines is 1. The van der Waals surface area contributed by atoms with Crippen LogP contribution in [-0.2, 0) is 16.0 Å². The predicted octanol–water partition coefficient (Wildman–Crippen LogP) is 0.933. The maximum absolute atomic E-state index is 12.5. The molecule has 1 N–H and O–H groups in total. The van der Waals surface area contributed by atoms with Gasteiger partial charge in [0, 0.05) is 36.9 Å². The topological polar surface area (TPSA) is 86.4 Å². The number of amides is 2. The first kappa shape index (κ1) is 17.6. The summed E-state index contributed by atoms with van der Waals surface area (Å²) < 4.78 is 0. The Bertz CT molecular complexity index is 695. The molecule has 1 saturated heterocycles. The van der Waals surface area contributed by atoms with Crippen LogP contribution in [0.25, 0.3) is 0 Å².